The number of para-hydroxylation sites is 1. The van der Waals surface area contributed by atoms with Gasteiger partial charge in [0.25, 0.3) is 5.91 Å². The molecule has 3 rings (SSSR count). The van der Waals surface area contributed by atoms with Crippen molar-refractivity contribution in [2.75, 3.05) is 19.6 Å². The summed E-state index contributed by atoms with van der Waals surface area (Å²) in [6.07, 6.45) is 1.48. The predicted molar refractivity (Wildman–Crippen MR) is 77.0 cm³/mol. The average molecular weight is 288 g/mol. The number of aromatic nitrogens is 2. The molecular weight excluding hydrogens is 271 g/mol. The molecule has 1 aromatic heterocycles. The third-order valence-electron chi connectivity index (χ3n) is 3.75. The lowest BCUT2D eigenvalue weighted by molar-refractivity contribution is 0.0941. The van der Waals surface area contributed by atoms with E-state index in [1.165, 1.54) is 16.9 Å². The summed E-state index contributed by atoms with van der Waals surface area (Å²) >= 11 is 0. The summed E-state index contributed by atoms with van der Waals surface area (Å²) in [5.41, 5.74) is 1.45. The van der Waals surface area contributed by atoms with Crippen LogP contribution in [0.15, 0.2) is 30.5 Å². The number of rotatable bonds is 4. The molecule has 0 saturated carbocycles. The predicted octanol–water partition coefficient (Wildman–Crippen LogP) is 1.27. The Balaban J connectivity index is 1.78. The van der Waals surface area contributed by atoms with Crippen LogP contribution in [0.5, 0.6) is 0 Å². The van der Waals surface area contributed by atoms with Gasteiger partial charge in [-0.25, -0.2) is 9.07 Å². The van der Waals surface area contributed by atoms with E-state index in [0.717, 1.165) is 13.1 Å². The molecule has 1 aliphatic rings. The molecule has 110 valence electrons. The molecule has 2 aromatic rings. The van der Waals surface area contributed by atoms with Crippen LogP contribution in [0.2, 0.25) is 0 Å². The minimum Gasteiger partial charge on any atom is -0.352 e. The van der Waals surface area contributed by atoms with Crippen molar-refractivity contribution in [3.8, 4) is 5.69 Å². The molecule has 0 atom stereocenters. The van der Waals surface area contributed by atoms with Gasteiger partial charge in [-0.3, -0.25) is 4.79 Å². The number of halogens is 1. The number of carbonyl (C=O) groups excluding carboxylic acids is 1. The van der Waals surface area contributed by atoms with Gasteiger partial charge in [0.1, 0.15) is 11.5 Å². The van der Waals surface area contributed by atoms with E-state index in [4.69, 9.17) is 0 Å². The summed E-state index contributed by atoms with van der Waals surface area (Å²) < 4.78 is 15.3. The van der Waals surface area contributed by atoms with Crippen LogP contribution in [-0.2, 0) is 0 Å². The number of benzene rings is 1. The molecule has 0 unspecified atom stereocenters. The summed E-state index contributed by atoms with van der Waals surface area (Å²) in [4.78, 5) is 12.2. The zero-order chi connectivity index (χ0) is 14.8. The molecule has 5 nitrogen and oxygen atoms in total. The van der Waals surface area contributed by atoms with Crippen molar-refractivity contribution in [2.24, 2.45) is 5.92 Å². The highest BCUT2D eigenvalue weighted by atomic mass is 19.1. The smallest absolute Gasteiger partial charge is 0.254 e. The maximum atomic E-state index is 13.8. The molecule has 1 amide bonds. The Morgan fingerprint density at radius 3 is 2.90 bits per heavy atom. The largest absolute Gasteiger partial charge is 0.352 e. The normalized spacial score (nSPS) is 14.8. The maximum Gasteiger partial charge on any atom is 0.254 e. The van der Waals surface area contributed by atoms with Gasteiger partial charge in [0, 0.05) is 25.6 Å². The van der Waals surface area contributed by atoms with Crippen LogP contribution in [0.4, 0.5) is 4.39 Å². The van der Waals surface area contributed by atoms with E-state index >= 15 is 0 Å². The first-order valence-electron chi connectivity index (χ1n) is 6.95. The molecule has 0 aliphatic carbocycles. The van der Waals surface area contributed by atoms with Crippen LogP contribution in [0, 0.1) is 18.7 Å². The molecule has 1 saturated heterocycles. The van der Waals surface area contributed by atoms with Gasteiger partial charge >= 0.3 is 0 Å². The Kier molecular flexibility index (Phi) is 3.70. The summed E-state index contributed by atoms with van der Waals surface area (Å²) in [6.45, 7) is 4.29. The van der Waals surface area contributed by atoms with Crippen LogP contribution in [0.3, 0.4) is 0 Å². The molecule has 2 N–H and O–H groups in total. The van der Waals surface area contributed by atoms with Crippen molar-refractivity contribution in [1.29, 1.82) is 0 Å². The Morgan fingerprint density at radius 1 is 1.48 bits per heavy atom. The fourth-order valence-corrected chi connectivity index (χ4v) is 2.32. The first-order valence-corrected chi connectivity index (χ1v) is 6.95. The number of hydrogen-bond donors (Lipinski definition) is 2. The van der Waals surface area contributed by atoms with Gasteiger partial charge in [0.05, 0.1) is 17.5 Å². The monoisotopic (exact) mass is 288 g/mol. The number of nitrogens with one attached hydrogen (secondary N) is 2. The number of carbonyl (C=O) groups is 1. The molecule has 1 aliphatic heterocycles. The minimum absolute atomic E-state index is 0.165. The molecule has 1 fully saturated rings. The lowest BCUT2D eigenvalue weighted by Crippen LogP contribution is -2.48. The summed E-state index contributed by atoms with van der Waals surface area (Å²) in [6, 6.07) is 6.37. The second kappa shape index (κ2) is 5.65. The molecule has 0 spiro atoms. The number of amides is 1. The maximum absolute atomic E-state index is 13.8. The van der Waals surface area contributed by atoms with Gasteiger partial charge in [0.15, 0.2) is 0 Å². The van der Waals surface area contributed by atoms with Gasteiger partial charge < -0.3 is 10.6 Å². The van der Waals surface area contributed by atoms with Crippen molar-refractivity contribution in [3.63, 3.8) is 0 Å². The van der Waals surface area contributed by atoms with Crippen molar-refractivity contribution >= 4 is 5.91 Å². The molecule has 1 aromatic carbocycles. The fourth-order valence-electron chi connectivity index (χ4n) is 2.32. The second-order valence-electron chi connectivity index (χ2n) is 5.24. The molecule has 6 heteroatoms. The Bertz CT molecular complexity index is 663. The standard InChI is InChI=1S/C15H17FN4O/c1-10-12(15(21)18-8-11-6-17-7-11)9-19-20(10)14-5-3-2-4-13(14)16/h2-5,9,11,17H,6-8H2,1H3,(H,18,21). The van der Waals surface area contributed by atoms with E-state index in [-0.39, 0.29) is 11.7 Å². The highest BCUT2D eigenvalue weighted by molar-refractivity contribution is 5.95. The van der Waals surface area contributed by atoms with Crippen molar-refractivity contribution in [1.82, 2.24) is 20.4 Å². The Labute approximate surface area is 122 Å². The van der Waals surface area contributed by atoms with E-state index in [2.05, 4.69) is 15.7 Å². The minimum atomic E-state index is -0.365. The summed E-state index contributed by atoms with van der Waals surface area (Å²) in [5, 5.41) is 10.2. The molecular formula is C15H17FN4O. The van der Waals surface area contributed by atoms with Crippen molar-refractivity contribution in [2.45, 2.75) is 6.92 Å². The van der Waals surface area contributed by atoms with Gasteiger partial charge in [-0.15, -0.1) is 0 Å². The van der Waals surface area contributed by atoms with Gasteiger partial charge in [-0.1, -0.05) is 12.1 Å². The van der Waals surface area contributed by atoms with Crippen LogP contribution in [-0.4, -0.2) is 35.3 Å². The zero-order valence-corrected chi connectivity index (χ0v) is 11.8. The van der Waals surface area contributed by atoms with Gasteiger partial charge in [0.2, 0.25) is 0 Å². The first-order chi connectivity index (χ1) is 10.2. The van der Waals surface area contributed by atoms with Crippen molar-refractivity contribution < 1.29 is 9.18 Å². The lowest BCUT2D eigenvalue weighted by atomic mass is 10.0. The number of nitrogens with zero attached hydrogens (tertiary/aromatic N) is 2. The molecule has 21 heavy (non-hydrogen) atoms. The number of hydrogen-bond acceptors (Lipinski definition) is 3. The molecule has 2 heterocycles. The van der Waals surface area contributed by atoms with Crippen LogP contribution < -0.4 is 10.6 Å². The fraction of sp³-hybridized carbons (Fsp3) is 0.333. The molecule has 0 radical (unpaired) electrons. The SMILES string of the molecule is Cc1c(C(=O)NCC2CNC2)cnn1-c1ccccc1F. The molecule has 0 bridgehead atoms. The zero-order valence-electron chi connectivity index (χ0n) is 11.8. The third kappa shape index (κ3) is 2.67. The van der Waals surface area contributed by atoms with Crippen molar-refractivity contribution in [3.05, 3.63) is 47.5 Å². The van der Waals surface area contributed by atoms with Crippen LogP contribution >= 0.6 is 0 Å². The van der Waals surface area contributed by atoms with E-state index in [9.17, 15) is 9.18 Å². The third-order valence-corrected chi connectivity index (χ3v) is 3.75. The Morgan fingerprint density at radius 2 is 2.24 bits per heavy atom. The Hall–Kier alpha value is -2.21. The van der Waals surface area contributed by atoms with Gasteiger partial charge in [-0.05, 0) is 19.1 Å². The van der Waals surface area contributed by atoms with Gasteiger partial charge in [-0.2, -0.15) is 5.10 Å². The summed E-state index contributed by atoms with van der Waals surface area (Å²) in [7, 11) is 0. The topological polar surface area (TPSA) is 59.0 Å². The van der Waals surface area contributed by atoms with Crippen LogP contribution in [0.25, 0.3) is 5.69 Å². The highest BCUT2D eigenvalue weighted by Crippen LogP contribution is 2.17. The quantitative estimate of drug-likeness (QED) is 0.890. The first kappa shape index (κ1) is 13.8. The highest BCUT2D eigenvalue weighted by Gasteiger charge is 2.20. The lowest BCUT2D eigenvalue weighted by Gasteiger charge is -2.27. The van der Waals surface area contributed by atoms with E-state index < -0.39 is 0 Å². The van der Waals surface area contributed by atoms with E-state index in [1.807, 2.05) is 0 Å². The second-order valence-corrected chi connectivity index (χ2v) is 5.24. The van der Waals surface area contributed by atoms with Crippen LogP contribution in [0.1, 0.15) is 16.1 Å². The average Bonchev–Trinajstić information content (AvgIpc) is 2.79. The van der Waals surface area contributed by atoms with E-state index in [0.29, 0.717) is 29.4 Å². The van der Waals surface area contributed by atoms with E-state index in [1.54, 1.807) is 25.1 Å². The summed E-state index contributed by atoms with van der Waals surface area (Å²) in [5.74, 6) is -0.0333.